The van der Waals surface area contributed by atoms with Gasteiger partial charge in [0.1, 0.15) is 0 Å². The van der Waals surface area contributed by atoms with Crippen molar-refractivity contribution in [3.63, 3.8) is 0 Å². The van der Waals surface area contributed by atoms with Crippen LogP contribution in [0.25, 0.3) is 0 Å². The third-order valence-corrected chi connectivity index (χ3v) is 12.8. The number of aliphatic hydroxyl groups is 3. The molecule has 0 aliphatic heterocycles. The summed E-state index contributed by atoms with van der Waals surface area (Å²) in [6.07, 6.45) is 5.45. The van der Waals surface area contributed by atoms with Crippen molar-refractivity contribution in [2.24, 2.45) is 52.3 Å². The summed E-state index contributed by atoms with van der Waals surface area (Å²) < 4.78 is 0. The van der Waals surface area contributed by atoms with Crippen LogP contribution in [0.2, 0.25) is 0 Å². The Balaban J connectivity index is 1.30. The molecule has 12 atom stereocenters. The monoisotopic (exact) mass is 531 g/mol. The standard InChI is InChI=1S/C31H49NO4S/c1-17(2)27(24-7-6-14-37-24)32-25(34)15-18(3)20-8-9-21-26-22(11-13-30(20,21)4)31(5)12-10-19(33)16-23(31)28(35)29(26)36/h6-7,14,17-23,26-29,33,35-36H,8-13,15-16H2,1-5H3,(H,32,34)/t18-,19-,20-,21+,22+,23+,26+,27?,28-,29+,30-,31-/m1/s1. The van der Waals surface area contributed by atoms with Crippen molar-refractivity contribution >= 4 is 17.2 Å². The molecular formula is C31H49NO4S. The fourth-order valence-electron chi connectivity index (χ4n) is 9.92. The van der Waals surface area contributed by atoms with Gasteiger partial charge in [0.05, 0.1) is 24.4 Å². The first-order valence-electron chi connectivity index (χ1n) is 14.8. The van der Waals surface area contributed by atoms with Crippen molar-refractivity contribution in [3.05, 3.63) is 22.4 Å². The molecule has 1 heterocycles. The number of carbonyl (C=O) groups excluding carboxylic acids is 1. The Morgan fingerprint density at radius 3 is 2.38 bits per heavy atom. The van der Waals surface area contributed by atoms with Gasteiger partial charge in [-0.3, -0.25) is 4.79 Å². The molecule has 5 nitrogen and oxygen atoms in total. The Morgan fingerprint density at radius 2 is 1.70 bits per heavy atom. The average molecular weight is 532 g/mol. The number of fused-ring (bicyclic) bond motifs is 5. The minimum atomic E-state index is -0.754. The lowest BCUT2D eigenvalue weighted by atomic mass is 9.43. The lowest BCUT2D eigenvalue weighted by molar-refractivity contribution is -0.223. The second-order valence-electron chi connectivity index (χ2n) is 14.0. The molecular weight excluding hydrogens is 482 g/mol. The second kappa shape index (κ2) is 10.2. The summed E-state index contributed by atoms with van der Waals surface area (Å²) in [6.45, 7) is 11.3. The van der Waals surface area contributed by atoms with E-state index < -0.39 is 12.2 Å². The smallest absolute Gasteiger partial charge is 0.220 e. The molecule has 1 aromatic heterocycles. The molecule has 1 aromatic rings. The largest absolute Gasteiger partial charge is 0.393 e. The van der Waals surface area contributed by atoms with Gasteiger partial charge in [0.15, 0.2) is 0 Å². The van der Waals surface area contributed by atoms with E-state index in [1.807, 2.05) is 0 Å². The average Bonchev–Trinajstić information content (AvgIpc) is 3.49. The second-order valence-corrected chi connectivity index (χ2v) is 15.0. The van der Waals surface area contributed by atoms with E-state index in [-0.39, 0.29) is 46.6 Å². The summed E-state index contributed by atoms with van der Waals surface area (Å²) >= 11 is 1.71. The molecule has 0 bridgehead atoms. The maximum absolute atomic E-state index is 13.2. The highest BCUT2D eigenvalue weighted by atomic mass is 32.1. The predicted octanol–water partition coefficient (Wildman–Crippen LogP) is 5.55. The van der Waals surface area contributed by atoms with E-state index in [0.29, 0.717) is 36.5 Å². The van der Waals surface area contributed by atoms with Gasteiger partial charge in [0.25, 0.3) is 0 Å². The van der Waals surface area contributed by atoms with E-state index in [9.17, 15) is 20.1 Å². The van der Waals surface area contributed by atoms with Crippen molar-refractivity contribution in [1.82, 2.24) is 5.32 Å². The minimum Gasteiger partial charge on any atom is -0.393 e. The number of thiophene rings is 1. The number of hydrogen-bond donors (Lipinski definition) is 4. The SMILES string of the molecule is CC(C)C(NC(=O)C[C@@H](C)[C@H]1CC[C@H]2[C@@H]3[C@H](O)[C@H](O)[C@@H]4C[C@H](O)CC[C@]4(C)[C@H]3CC[C@]12C)c1cccs1. The van der Waals surface area contributed by atoms with Crippen LogP contribution in [0, 0.1) is 52.3 Å². The number of rotatable bonds is 6. The molecule has 0 aromatic carbocycles. The normalized spacial score (nSPS) is 45.0. The zero-order valence-electron chi connectivity index (χ0n) is 23.4. The van der Waals surface area contributed by atoms with Gasteiger partial charge in [-0.05, 0) is 109 Å². The van der Waals surface area contributed by atoms with Gasteiger partial charge in [-0.2, -0.15) is 0 Å². The summed E-state index contributed by atoms with van der Waals surface area (Å²) in [6, 6.07) is 4.22. The van der Waals surface area contributed by atoms with Crippen LogP contribution in [0.4, 0.5) is 0 Å². The van der Waals surface area contributed by atoms with Crippen LogP contribution in [0.15, 0.2) is 17.5 Å². The fourth-order valence-corrected chi connectivity index (χ4v) is 10.9. The lowest BCUT2D eigenvalue weighted by Gasteiger charge is -2.63. The first kappa shape index (κ1) is 27.6. The zero-order chi connectivity index (χ0) is 26.7. The van der Waals surface area contributed by atoms with Crippen LogP contribution in [0.3, 0.4) is 0 Å². The van der Waals surface area contributed by atoms with Crippen molar-refractivity contribution in [3.8, 4) is 0 Å². The molecule has 1 unspecified atom stereocenters. The Kier molecular flexibility index (Phi) is 7.63. The van der Waals surface area contributed by atoms with Gasteiger partial charge in [-0.15, -0.1) is 11.3 Å². The topological polar surface area (TPSA) is 89.8 Å². The van der Waals surface area contributed by atoms with Gasteiger partial charge in [0.2, 0.25) is 5.91 Å². The first-order chi connectivity index (χ1) is 17.5. The Labute approximate surface area is 227 Å². The minimum absolute atomic E-state index is 0.0128. The van der Waals surface area contributed by atoms with Crippen LogP contribution in [0.5, 0.6) is 0 Å². The van der Waals surface area contributed by atoms with Gasteiger partial charge in [-0.1, -0.05) is 40.7 Å². The molecule has 4 aliphatic rings. The number of carbonyl (C=O) groups is 1. The van der Waals surface area contributed by atoms with Gasteiger partial charge in [-0.25, -0.2) is 0 Å². The highest BCUT2D eigenvalue weighted by molar-refractivity contribution is 7.10. The molecule has 5 rings (SSSR count). The lowest BCUT2D eigenvalue weighted by Crippen LogP contribution is -2.64. The summed E-state index contributed by atoms with van der Waals surface area (Å²) in [7, 11) is 0. The van der Waals surface area contributed by atoms with Crippen LogP contribution < -0.4 is 5.32 Å². The van der Waals surface area contributed by atoms with E-state index in [4.69, 9.17) is 0 Å². The quantitative estimate of drug-likeness (QED) is 0.388. The molecule has 0 radical (unpaired) electrons. The molecule has 1 amide bonds. The van der Waals surface area contributed by atoms with Crippen LogP contribution in [0.1, 0.15) is 96.9 Å². The molecule has 37 heavy (non-hydrogen) atoms. The van der Waals surface area contributed by atoms with E-state index >= 15 is 0 Å². The van der Waals surface area contributed by atoms with Crippen molar-refractivity contribution in [2.75, 3.05) is 0 Å². The third-order valence-electron chi connectivity index (χ3n) is 11.8. The van der Waals surface area contributed by atoms with Gasteiger partial charge >= 0.3 is 0 Å². The van der Waals surface area contributed by atoms with Gasteiger partial charge in [0, 0.05) is 11.3 Å². The summed E-state index contributed by atoms with van der Waals surface area (Å²) in [5.41, 5.74) is 0.0747. The molecule has 208 valence electrons. The number of aliphatic hydroxyl groups excluding tert-OH is 3. The van der Waals surface area contributed by atoms with Gasteiger partial charge < -0.3 is 20.6 Å². The van der Waals surface area contributed by atoms with Crippen LogP contribution in [-0.2, 0) is 4.79 Å². The van der Waals surface area contributed by atoms with Crippen molar-refractivity contribution in [1.29, 1.82) is 0 Å². The maximum Gasteiger partial charge on any atom is 0.220 e. The molecule has 6 heteroatoms. The summed E-state index contributed by atoms with van der Waals surface area (Å²) in [4.78, 5) is 14.5. The number of nitrogens with one attached hydrogen (secondary N) is 1. The highest BCUT2D eigenvalue weighted by Crippen LogP contribution is 2.68. The Bertz CT molecular complexity index is 951. The molecule has 0 saturated heterocycles. The van der Waals surface area contributed by atoms with E-state index in [2.05, 4.69) is 57.4 Å². The molecule has 4 saturated carbocycles. The zero-order valence-corrected chi connectivity index (χ0v) is 24.2. The van der Waals surface area contributed by atoms with Crippen molar-refractivity contribution in [2.45, 2.75) is 110 Å². The van der Waals surface area contributed by atoms with E-state index in [1.165, 1.54) is 4.88 Å². The molecule has 4 aliphatic carbocycles. The third kappa shape index (κ3) is 4.62. The first-order valence-corrected chi connectivity index (χ1v) is 15.7. The van der Waals surface area contributed by atoms with E-state index in [0.717, 1.165) is 38.5 Å². The summed E-state index contributed by atoms with van der Waals surface area (Å²) in [5, 5.41) is 38.5. The summed E-state index contributed by atoms with van der Waals surface area (Å²) in [5.74, 6) is 2.08. The number of amides is 1. The van der Waals surface area contributed by atoms with Crippen LogP contribution >= 0.6 is 11.3 Å². The maximum atomic E-state index is 13.2. The Morgan fingerprint density at radius 1 is 1.00 bits per heavy atom. The highest BCUT2D eigenvalue weighted by Gasteiger charge is 2.65. The van der Waals surface area contributed by atoms with Crippen LogP contribution in [-0.4, -0.2) is 39.5 Å². The van der Waals surface area contributed by atoms with E-state index in [1.54, 1.807) is 11.3 Å². The van der Waals surface area contributed by atoms with Crippen molar-refractivity contribution < 1.29 is 20.1 Å². The fraction of sp³-hybridized carbons (Fsp3) is 0.839. The molecule has 4 fully saturated rings. The molecule has 4 N–H and O–H groups in total. The predicted molar refractivity (Wildman–Crippen MR) is 148 cm³/mol. The Hall–Kier alpha value is -0.950. The number of hydrogen-bond acceptors (Lipinski definition) is 5. The molecule has 0 spiro atoms.